The molecule has 0 bridgehead atoms. The molecule has 1 saturated carbocycles. The van der Waals surface area contributed by atoms with E-state index in [1.54, 1.807) is 25.7 Å². The van der Waals surface area contributed by atoms with Gasteiger partial charge in [0.1, 0.15) is 0 Å². The van der Waals surface area contributed by atoms with Crippen molar-refractivity contribution in [3.63, 3.8) is 0 Å². The Morgan fingerprint density at radius 2 is 0.272 bits per heavy atom. The Balaban J connectivity index is 2.63. The maximum Gasteiger partial charge on any atom is 0.0487 e. The predicted octanol–water partition coefficient (Wildman–Crippen LogP) is 32.0. The average Bonchev–Trinajstić information content (AvgIpc) is 0.777. The molecule has 1 fully saturated rings. The Morgan fingerprint density at radius 3 is 0.446 bits per heavy atom. The van der Waals surface area contributed by atoms with Gasteiger partial charge in [0.15, 0.2) is 0 Å². The molecule has 2 heteroatoms. The molecular weight excluding hydrogens is 1110 g/mol. The summed E-state index contributed by atoms with van der Waals surface area (Å²) in [6.07, 6.45) is 103. The van der Waals surface area contributed by atoms with Crippen molar-refractivity contribution >= 4 is 0 Å². The standard InChI is InChI=1S/C90H180O2/c1-9-17-25-27-41-47-54-68-84-86(85(69-55-48-42-28-26-18-10-2)87(84)71-57-50-44-38-34-30-32-36-40-46-52-65-80-89(82-91,76-60-21-13-5)77-61-22-14-6)70-56-49-43-37-33-29-31-35-39-45-51-64-74-88(72-58-19-11-3,73-59-20-12-4)75-66-53-67-81-90(83-92,78-62-23-15-7)79-63-24-16-8/h84-87,91-92H,9-83H2,1-8H3. The van der Waals surface area contributed by atoms with E-state index in [-0.39, 0.29) is 10.8 Å². The van der Waals surface area contributed by atoms with Crippen LogP contribution < -0.4 is 0 Å². The Hall–Kier alpha value is -0.0800. The summed E-state index contributed by atoms with van der Waals surface area (Å²) >= 11 is 0. The highest BCUT2D eigenvalue weighted by Crippen LogP contribution is 2.55. The van der Waals surface area contributed by atoms with Crippen LogP contribution in [0.2, 0.25) is 0 Å². The van der Waals surface area contributed by atoms with Crippen molar-refractivity contribution in [1.82, 2.24) is 0 Å². The highest BCUT2D eigenvalue weighted by Gasteiger charge is 2.47. The minimum atomic E-state index is 0.192. The monoisotopic (exact) mass is 1290 g/mol. The van der Waals surface area contributed by atoms with E-state index >= 15 is 0 Å². The van der Waals surface area contributed by atoms with E-state index in [9.17, 15) is 10.2 Å². The number of hydrogen-bond acceptors (Lipinski definition) is 2. The molecule has 0 aromatic heterocycles. The van der Waals surface area contributed by atoms with Crippen LogP contribution in [0.5, 0.6) is 0 Å². The molecular formula is C90H180O2. The lowest BCUT2D eigenvalue weighted by molar-refractivity contribution is -0.0486. The largest absolute Gasteiger partial charge is 0.396 e. The van der Waals surface area contributed by atoms with Gasteiger partial charge in [0.25, 0.3) is 0 Å². The van der Waals surface area contributed by atoms with E-state index in [1.165, 1.54) is 443 Å². The van der Waals surface area contributed by atoms with Gasteiger partial charge >= 0.3 is 0 Å². The van der Waals surface area contributed by atoms with Gasteiger partial charge in [-0.2, -0.15) is 0 Å². The van der Waals surface area contributed by atoms with Gasteiger partial charge in [0, 0.05) is 13.2 Å². The third-order valence-electron chi connectivity index (χ3n) is 24.9. The maximum atomic E-state index is 10.8. The van der Waals surface area contributed by atoms with Crippen LogP contribution in [0.1, 0.15) is 524 Å². The first-order valence-electron chi connectivity index (χ1n) is 44.5. The van der Waals surface area contributed by atoms with Crippen LogP contribution in [-0.4, -0.2) is 23.4 Å². The zero-order valence-corrected chi connectivity index (χ0v) is 65.7. The lowest BCUT2D eigenvalue weighted by Gasteiger charge is -2.54. The summed E-state index contributed by atoms with van der Waals surface area (Å²) in [5.74, 6) is 4.20. The second-order valence-electron chi connectivity index (χ2n) is 33.2. The average molecular weight is 1290 g/mol. The second-order valence-corrected chi connectivity index (χ2v) is 33.2. The van der Waals surface area contributed by atoms with Crippen molar-refractivity contribution in [2.45, 2.75) is 524 Å². The molecule has 2 N–H and O–H groups in total. The summed E-state index contributed by atoms with van der Waals surface area (Å²) in [6.45, 7) is 19.6. The topological polar surface area (TPSA) is 40.5 Å². The lowest BCUT2D eigenvalue weighted by Crippen LogP contribution is -2.46. The molecule has 0 aromatic rings. The van der Waals surface area contributed by atoms with Gasteiger partial charge in [-0.3, -0.25) is 0 Å². The SMILES string of the molecule is CCCCCCCCCC1C(CCCCCCCCCCCCCCC(CO)(CCCCC)CCCCC)C(CCCCCCCCC)C1CCCCCCCCCCCCCCC(CCCCC)(CCCCC)CCCCCC(CO)(CCCCC)CCCCC. The first kappa shape index (κ1) is 89.9. The number of hydrogen-bond donors (Lipinski definition) is 2. The first-order chi connectivity index (χ1) is 45.3. The number of unbranched alkanes of at least 4 members (excludes halogenated alkanes) is 48. The molecule has 0 spiro atoms. The number of aliphatic hydroxyl groups excluding tert-OH is 2. The van der Waals surface area contributed by atoms with Crippen LogP contribution in [0.4, 0.5) is 0 Å². The van der Waals surface area contributed by atoms with Gasteiger partial charge < -0.3 is 10.2 Å². The van der Waals surface area contributed by atoms with Gasteiger partial charge in [-0.1, -0.05) is 434 Å². The van der Waals surface area contributed by atoms with Crippen molar-refractivity contribution in [3.8, 4) is 0 Å². The summed E-state index contributed by atoms with van der Waals surface area (Å²) in [7, 11) is 0. The Kier molecular flexibility index (Phi) is 65.3. The first-order valence-corrected chi connectivity index (χ1v) is 44.5. The van der Waals surface area contributed by atoms with E-state index in [1.807, 2.05) is 0 Å². The normalized spacial score (nSPS) is 16.4. The van der Waals surface area contributed by atoms with Crippen molar-refractivity contribution in [2.75, 3.05) is 13.2 Å². The molecule has 1 rings (SSSR count). The Morgan fingerprint density at radius 1 is 0.152 bits per heavy atom. The van der Waals surface area contributed by atoms with Gasteiger partial charge in [0.2, 0.25) is 0 Å². The molecule has 0 aromatic carbocycles. The summed E-state index contributed by atoms with van der Waals surface area (Å²) in [4.78, 5) is 0. The Labute approximate surface area is 584 Å². The van der Waals surface area contributed by atoms with E-state index in [0.717, 1.165) is 23.7 Å². The van der Waals surface area contributed by atoms with Crippen LogP contribution in [0, 0.1) is 39.9 Å². The van der Waals surface area contributed by atoms with Gasteiger partial charge in [-0.05, 0) is 130 Å². The summed E-state index contributed by atoms with van der Waals surface area (Å²) in [5, 5.41) is 21.3. The van der Waals surface area contributed by atoms with Crippen molar-refractivity contribution < 1.29 is 10.2 Å². The van der Waals surface area contributed by atoms with Crippen LogP contribution in [0.3, 0.4) is 0 Å². The fourth-order valence-electron chi connectivity index (χ4n) is 18.5. The molecule has 552 valence electrons. The van der Waals surface area contributed by atoms with Crippen LogP contribution in [-0.2, 0) is 0 Å². The molecule has 0 radical (unpaired) electrons. The smallest absolute Gasteiger partial charge is 0.0487 e. The van der Waals surface area contributed by atoms with E-state index in [0.29, 0.717) is 18.6 Å². The minimum Gasteiger partial charge on any atom is -0.396 e. The summed E-state index contributed by atoms with van der Waals surface area (Å²) < 4.78 is 0. The molecule has 92 heavy (non-hydrogen) atoms. The highest BCUT2D eigenvalue weighted by molar-refractivity contribution is 4.96. The molecule has 2 nitrogen and oxygen atoms in total. The van der Waals surface area contributed by atoms with Crippen molar-refractivity contribution in [2.24, 2.45) is 39.9 Å². The highest BCUT2D eigenvalue weighted by atomic mass is 16.3. The zero-order valence-electron chi connectivity index (χ0n) is 65.7. The molecule has 0 amide bonds. The van der Waals surface area contributed by atoms with Crippen LogP contribution in [0.15, 0.2) is 0 Å². The number of rotatable bonds is 78. The quantitative estimate of drug-likeness (QED) is 0.0596. The van der Waals surface area contributed by atoms with Gasteiger partial charge in [-0.15, -0.1) is 0 Å². The summed E-state index contributed by atoms with van der Waals surface area (Å²) in [5.41, 5.74) is 0.994. The predicted molar refractivity (Wildman–Crippen MR) is 418 cm³/mol. The van der Waals surface area contributed by atoms with Crippen LogP contribution >= 0.6 is 0 Å². The fraction of sp³-hybridized carbons (Fsp3) is 1.00. The summed E-state index contributed by atoms with van der Waals surface area (Å²) in [6, 6.07) is 0. The molecule has 0 saturated heterocycles. The minimum absolute atomic E-state index is 0.192. The van der Waals surface area contributed by atoms with Gasteiger partial charge in [0.05, 0.1) is 0 Å². The molecule has 1 aliphatic rings. The van der Waals surface area contributed by atoms with Crippen molar-refractivity contribution in [1.29, 1.82) is 0 Å². The molecule has 0 heterocycles. The maximum absolute atomic E-state index is 10.8. The molecule has 2 unspecified atom stereocenters. The van der Waals surface area contributed by atoms with E-state index < -0.39 is 0 Å². The molecule has 1 aliphatic carbocycles. The van der Waals surface area contributed by atoms with Gasteiger partial charge in [-0.25, -0.2) is 0 Å². The third kappa shape index (κ3) is 47.8. The Bertz CT molecular complexity index is 1360. The van der Waals surface area contributed by atoms with E-state index in [2.05, 4.69) is 55.4 Å². The van der Waals surface area contributed by atoms with Crippen molar-refractivity contribution in [3.05, 3.63) is 0 Å². The fourth-order valence-corrected chi connectivity index (χ4v) is 18.5. The second kappa shape index (κ2) is 66.8. The lowest BCUT2D eigenvalue weighted by atomic mass is 9.51. The zero-order chi connectivity index (χ0) is 66.8. The molecule has 2 atom stereocenters. The molecule has 0 aliphatic heterocycles. The van der Waals surface area contributed by atoms with E-state index in [4.69, 9.17) is 0 Å². The third-order valence-corrected chi connectivity index (χ3v) is 24.9. The number of aliphatic hydroxyl groups is 2. The van der Waals surface area contributed by atoms with Crippen LogP contribution in [0.25, 0.3) is 0 Å².